The van der Waals surface area contributed by atoms with Crippen molar-refractivity contribution in [1.82, 2.24) is 10.2 Å². The average Bonchev–Trinajstić information content (AvgIpc) is 2.66. The van der Waals surface area contributed by atoms with Crippen molar-refractivity contribution in [2.45, 2.75) is 25.8 Å². The summed E-state index contributed by atoms with van der Waals surface area (Å²) in [4.78, 5) is 2.08. The van der Waals surface area contributed by atoms with E-state index < -0.39 is 0 Å². The number of ether oxygens (including phenoxy) is 1. The molecular weight excluding hydrogens is 230 g/mol. The van der Waals surface area contributed by atoms with E-state index in [0.717, 1.165) is 6.54 Å². The van der Waals surface area contributed by atoms with E-state index >= 15 is 0 Å². The number of nitrogens with zero attached hydrogens (tertiary/aromatic N) is 3. The van der Waals surface area contributed by atoms with Gasteiger partial charge in [0.1, 0.15) is 0 Å². The van der Waals surface area contributed by atoms with E-state index in [4.69, 9.17) is 20.8 Å². The first-order valence-electron chi connectivity index (χ1n) is 5.37. The number of alkyl halides is 1. The fourth-order valence-corrected chi connectivity index (χ4v) is 1.91. The molecule has 1 saturated heterocycles. The van der Waals surface area contributed by atoms with Crippen LogP contribution in [0.15, 0.2) is 4.42 Å². The summed E-state index contributed by atoms with van der Waals surface area (Å²) in [5.41, 5.74) is -0.108. The van der Waals surface area contributed by atoms with Gasteiger partial charge in [0.05, 0.1) is 18.8 Å². The second-order valence-corrected chi connectivity index (χ2v) is 4.81. The second-order valence-electron chi connectivity index (χ2n) is 4.43. The Morgan fingerprint density at radius 1 is 1.44 bits per heavy atom. The van der Waals surface area contributed by atoms with Gasteiger partial charge >= 0.3 is 6.01 Å². The van der Waals surface area contributed by atoms with Crippen molar-refractivity contribution < 1.29 is 9.15 Å². The maximum absolute atomic E-state index is 5.63. The van der Waals surface area contributed by atoms with Crippen molar-refractivity contribution in [3.8, 4) is 0 Å². The van der Waals surface area contributed by atoms with E-state index in [9.17, 15) is 0 Å². The Bertz CT molecular complexity index is 354. The lowest BCUT2D eigenvalue weighted by atomic mass is 10.0. The van der Waals surface area contributed by atoms with Crippen LogP contribution in [0.1, 0.15) is 19.7 Å². The molecule has 1 aromatic heterocycles. The largest absolute Gasteiger partial charge is 0.408 e. The number of anilines is 1. The number of hydrogen-bond acceptors (Lipinski definition) is 5. The van der Waals surface area contributed by atoms with Crippen molar-refractivity contribution in [2.24, 2.45) is 0 Å². The number of morpholine rings is 1. The minimum absolute atomic E-state index is 0.108. The van der Waals surface area contributed by atoms with E-state index in [-0.39, 0.29) is 5.54 Å². The second kappa shape index (κ2) is 4.59. The molecule has 1 aliphatic heterocycles. The van der Waals surface area contributed by atoms with Gasteiger partial charge in [-0.2, -0.15) is 0 Å². The summed E-state index contributed by atoms with van der Waals surface area (Å²) in [6.07, 6.45) is 0.610. The van der Waals surface area contributed by atoms with Crippen LogP contribution < -0.4 is 4.90 Å². The smallest absolute Gasteiger partial charge is 0.318 e. The third-order valence-electron chi connectivity index (χ3n) is 2.64. The van der Waals surface area contributed by atoms with Gasteiger partial charge in [0.15, 0.2) is 0 Å². The average molecular weight is 246 g/mol. The Labute approximate surface area is 99.7 Å². The standard InChI is InChI=1S/C10H16ClN3O2/c1-10(2)7-15-6-5-14(10)9-13-12-8(16-9)3-4-11/h3-7H2,1-2H3. The number of aromatic nitrogens is 2. The molecule has 0 atom stereocenters. The van der Waals surface area contributed by atoms with Gasteiger partial charge in [-0.3, -0.25) is 0 Å². The van der Waals surface area contributed by atoms with Gasteiger partial charge in [0.2, 0.25) is 5.89 Å². The summed E-state index contributed by atoms with van der Waals surface area (Å²) in [7, 11) is 0. The fraction of sp³-hybridized carbons (Fsp3) is 0.800. The summed E-state index contributed by atoms with van der Waals surface area (Å²) in [6.45, 7) is 6.32. The molecule has 0 N–H and O–H groups in total. The molecule has 5 nitrogen and oxygen atoms in total. The Morgan fingerprint density at radius 2 is 2.25 bits per heavy atom. The van der Waals surface area contributed by atoms with Crippen LogP contribution in [0, 0.1) is 0 Å². The molecule has 0 radical (unpaired) electrons. The molecule has 0 amide bonds. The number of hydrogen-bond donors (Lipinski definition) is 0. The minimum atomic E-state index is -0.108. The molecule has 0 saturated carbocycles. The fourth-order valence-electron chi connectivity index (χ4n) is 1.75. The maximum atomic E-state index is 5.63. The van der Waals surface area contributed by atoms with Gasteiger partial charge in [-0.1, -0.05) is 5.10 Å². The lowest BCUT2D eigenvalue weighted by Gasteiger charge is -2.40. The quantitative estimate of drug-likeness (QED) is 0.755. The zero-order valence-electron chi connectivity index (χ0n) is 9.57. The highest BCUT2D eigenvalue weighted by molar-refractivity contribution is 6.17. The molecule has 90 valence electrons. The van der Waals surface area contributed by atoms with Crippen LogP contribution in [0.5, 0.6) is 0 Å². The van der Waals surface area contributed by atoms with Crippen LogP contribution in [-0.2, 0) is 11.2 Å². The summed E-state index contributed by atoms with van der Waals surface area (Å²) in [6, 6.07) is 0.563. The predicted molar refractivity (Wildman–Crippen MR) is 61.0 cm³/mol. The van der Waals surface area contributed by atoms with E-state index in [0.29, 0.717) is 37.4 Å². The first kappa shape index (κ1) is 11.7. The van der Waals surface area contributed by atoms with Crippen LogP contribution in [0.25, 0.3) is 0 Å². The van der Waals surface area contributed by atoms with Crippen molar-refractivity contribution in [3.63, 3.8) is 0 Å². The molecule has 16 heavy (non-hydrogen) atoms. The molecule has 0 aliphatic carbocycles. The summed E-state index contributed by atoms with van der Waals surface area (Å²) >= 11 is 5.63. The SMILES string of the molecule is CC1(C)COCCN1c1nnc(CCCl)o1. The van der Waals surface area contributed by atoms with Crippen LogP contribution in [0.3, 0.4) is 0 Å². The highest BCUT2D eigenvalue weighted by atomic mass is 35.5. The van der Waals surface area contributed by atoms with Gasteiger partial charge in [-0.25, -0.2) is 0 Å². The number of halogens is 1. The van der Waals surface area contributed by atoms with Crippen molar-refractivity contribution in [2.75, 3.05) is 30.5 Å². The van der Waals surface area contributed by atoms with E-state index in [1.807, 2.05) is 0 Å². The highest BCUT2D eigenvalue weighted by Gasteiger charge is 2.33. The Morgan fingerprint density at radius 3 is 2.94 bits per heavy atom. The first-order chi connectivity index (χ1) is 7.63. The van der Waals surface area contributed by atoms with Gasteiger partial charge in [-0.05, 0) is 13.8 Å². The lowest BCUT2D eigenvalue weighted by Crippen LogP contribution is -2.53. The predicted octanol–water partition coefficient (Wildman–Crippen LogP) is 1.47. The molecule has 0 bridgehead atoms. The molecule has 1 aromatic rings. The van der Waals surface area contributed by atoms with Gasteiger partial charge in [0, 0.05) is 18.8 Å². The Balaban J connectivity index is 2.15. The highest BCUT2D eigenvalue weighted by Crippen LogP contribution is 2.25. The topological polar surface area (TPSA) is 51.4 Å². The summed E-state index contributed by atoms with van der Waals surface area (Å²) in [5.74, 6) is 1.08. The summed E-state index contributed by atoms with van der Waals surface area (Å²) in [5, 5.41) is 8.01. The maximum Gasteiger partial charge on any atom is 0.318 e. The molecular formula is C10H16ClN3O2. The van der Waals surface area contributed by atoms with Crippen LogP contribution >= 0.6 is 11.6 Å². The molecule has 2 heterocycles. The third-order valence-corrected chi connectivity index (χ3v) is 2.83. The zero-order chi connectivity index (χ0) is 11.6. The van der Waals surface area contributed by atoms with Crippen LogP contribution in [0.4, 0.5) is 6.01 Å². The van der Waals surface area contributed by atoms with Gasteiger partial charge < -0.3 is 14.1 Å². The van der Waals surface area contributed by atoms with E-state index in [2.05, 4.69) is 28.9 Å². The zero-order valence-corrected chi connectivity index (χ0v) is 10.3. The molecule has 0 aromatic carbocycles. The Kier molecular flexibility index (Phi) is 3.35. The molecule has 2 rings (SSSR count). The van der Waals surface area contributed by atoms with Crippen LogP contribution in [0.2, 0.25) is 0 Å². The molecule has 0 spiro atoms. The third kappa shape index (κ3) is 2.30. The van der Waals surface area contributed by atoms with Crippen molar-refractivity contribution in [3.05, 3.63) is 5.89 Å². The Hall–Kier alpha value is -0.810. The molecule has 0 unspecified atom stereocenters. The molecule has 6 heteroatoms. The monoisotopic (exact) mass is 245 g/mol. The normalized spacial score (nSPS) is 20.1. The summed E-state index contributed by atoms with van der Waals surface area (Å²) < 4.78 is 11.0. The first-order valence-corrected chi connectivity index (χ1v) is 5.91. The van der Waals surface area contributed by atoms with Gasteiger partial charge in [-0.15, -0.1) is 16.7 Å². The molecule has 1 fully saturated rings. The van der Waals surface area contributed by atoms with E-state index in [1.54, 1.807) is 0 Å². The van der Waals surface area contributed by atoms with Crippen molar-refractivity contribution in [1.29, 1.82) is 0 Å². The number of aryl methyl sites for hydroxylation is 1. The van der Waals surface area contributed by atoms with Gasteiger partial charge in [0.25, 0.3) is 0 Å². The molecule has 1 aliphatic rings. The van der Waals surface area contributed by atoms with Crippen LogP contribution in [-0.4, -0.2) is 41.4 Å². The minimum Gasteiger partial charge on any atom is -0.408 e. The lowest BCUT2D eigenvalue weighted by molar-refractivity contribution is 0.0610. The van der Waals surface area contributed by atoms with Crippen molar-refractivity contribution >= 4 is 17.6 Å². The van der Waals surface area contributed by atoms with E-state index in [1.165, 1.54) is 0 Å². The number of rotatable bonds is 3.